The maximum absolute atomic E-state index is 5.72. The molecule has 2 heterocycles. The van der Waals surface area contributed by atoms with Crippen LogP contribution < -0.4 is 10.6 Å². The maximum Gasteiger partial charge on any atom is 0.229 e. The molecule has 144 valence electrons. The second-order valence-electron chi connectivity index (χ2n) is 7.22. The van der Waals surface area contributed by atoms with Gasteiger partial charge in [-0.2, -0.15) is 4.98 Å². The van der Waals surface area contributed by atoms with Gasteiger partial charge in [-0.3, -0.25) is 0 Å². The van der Waals surface area contributed by atoms with Crippen molar-refractivity contribution in [3.05, 3.63) is 65.7 Å². The minimum Gasteiger partial charge on any atom is -0.376 e. The molecule has 1 fully saturated rings. The Labute approximate surface area is 166 Å². The first kappa shape index (κ1) is 18.4. The van der Waals surface area contributed by atoms with Crippen molar-refractivity contribution in [1.29, 1.82) is 0 Å². The third-order valence-corrected chi connectivity index (χ3v) is 5.18. The summed E-state index contributed by atoms with van der Waals surface area (Å²) in [6.45, 7) is 5.82. The lowest BCUT2D eigenvalue weighted by atomic mass is 10.1. The highest BCUT2D eigenvalue weighted by Crippen LogP contribution is 2.25. The molecule has 1 aromatic heterocycles. The zero-order valence-electron chi connectivity index (χ0n) is 16.4. The second-order valence-corrected chi connectivity index (χ2v) is 7.22. The molecule has 0 aliphatic carbocycles. The molecule has 0 spiro atoms. The van der Waals surface area contributed by atoms with E-state index in [0.29, 0.717) is 5.95 Å². The third kappa shape index (κ3) is 4.31. The van der Waals surface area contributed by atoms with E-state index in [-0.39, 0.29) is 6.10 Å². The van der Waals surface area contributed by atoms with Crippen LogP contribution in [0.15, 0.2) is 54.6 Å². The number of benzene rings is 2. The summed E-state index contributed by atoms with van der Waals surface area (Å²) >= 11 is 0. The topological polar surface area (TPSA) is 59.1 Å². The highest BCUT2D eigenvalue weighted by atomic mass is 16.5. The number of anilines is 3. The number of ether oxygens (including phenoxy) is 1. The van der Waals surface area contributed by atoms with Crippen molar-refractivity contribution in [2.24, 2.45) is 0 Å². The molecule has 1 unspecified atom stereocenters. The van der Waals surface area contributed by atoms with Crippen LogP contribution >= 0.6 is 0 Å². The van der Waals surface area contributed by atoms with Gasteiger partial charge in [-0.1, -0.05) is 42.5 Å². The number of nitrogens with one attached hydrogen (secondary N) is 2. The molecule has 0 saturated carbocycles. The van der Waals surface area contributed by atoms with E-state index >= 15 is 0 Å². The summed E-state index contributed by atoms with van der Waals surface area (Å²) in [7, 11) is 0. The molecule has 0 amide bonds. The Morgan fingerprint density at radius 1 is 1.04 bits per heavy atom. The minimum absolute atomic E-state index is 0.255. The van der Waals surface area contributed by atoms with Gasteiger partial charge in [-0.25, -0.2) is 4.98 Å². The molecule has 28 heavy (non-hydrogen) atoms. The Morgan fingerprint density at radius 2 is 1.89 bits per heavy atom. The Balaban J connectivity index is 1.63. The first-order valence-electron chi connectivity index (χ1n) is 9.82. The Morgan fingerprint density at radius 3 is 2.68 bits per heavy atom. The molecule has 1 atom stereocenters. The van der Waals surface area contributed by atoms with Crippen molar-refractivity contribution in [3.63, 3.8) is 0 Å². The molecule has 2 aromatic carbocycles. The predicted octanol–water partition coefficient (Wildman–Crippen LogP) is 5.09. The van der Waals surface area contributed by atoms with Crippen LogP contribution in [0.1, 0.15) is 24.0 Å². The van der Waals surface area contributed by atoms with E-state index in [1.807, 2.05) is 30.3 Å². The van der Waals surface area contributed by atoms with Gasteiger partial charge in [-0.05, 0) is 43.9 Å². The van der Waals surface area contributed by atoms with Gasteiger partial charge in [0.05, 0.1) is 11.8 Å². The summed E-state index contributed by atoms with van der Waals surface area (Å²) in [5.41, 5.74) is 5.41. The summed E-state index contributed by atoms with van der Waals surface area (Å²) in [6.07, 6.45) is 2.48. The van der Waals surface area contributed by atoms with E-state index in [9.17, 15) is 0 Å². The van der Waals surface area contributed by atoms with Crippen molar-refractivity contribution in [1.82, 2.24) is 9.97 Å². The summed E-state index contributed by atoms with van der Waals surface area (Å²) < 4.78 is 5.72. The van der Waals surface area contributed by atoms with E-state index in [1.165, 1.54) is 11.1 Å². The second kappa shape index (κ2) is 8.40. The van der Waals surface area contributed by atoms with Crippen LogP contribution in [0, 0.1) is 13.8 Å². The fraction of sp³-hybridized carbons (Fsp3) is 0.304. The van der Waals surface area contributed by atoms with Crippen molar-refractivity contribution < 1.29 is 4.74 Å². The van der Waals surface area contributed by atoms with Crippen LogP contribution in [0.5, 0.6) is 0 Å². The van der Waals surface area contributed by atoms with Crippen molar-refractivity contribution in [3.8, 4) is 11.3 Å². The van der Waals surface area contributed by atoms with Gasteiger partial charge in [0.15, 0.2) is 0 Å². The van der Waals surface area contributed by atoms with Crippen LogP contribution in [-0.2, 0) is 4.74 Å². The zero-order valence-corrected chi connectivity index (χ0v) is 16.4. The van der Waals surface area contributed by atoms with E-state index in [4.69, 9.17) is 14.7 Å². The van der Waals surface area contributed by atoms with Gasteiger partial charge in [0.2, 0.25) is 5.95 Å². The number of nitrogens with zero attached hydrogens (tertiary/aromatic N) is 2. The number of hydrogen-bond acceptors (Lipinski definition) is 5. The molecule has 4 rings (SSSR count). The first-order chi connectivity index (χ1) is 13.7. The highest BCUT2D eigenvalue weighted by molar-refractivity contribution is 5.67. The molecule has 0 bridgehead atoms. The minimum atomic E-state index is 0.255. The van der Waals surface area contributed by atoms with Gasteiger partial charge >= 0.3 is 0 Å². The highest BCUT2D eigenvalue weighted by Gasteiger charge is 2.16. The molecular weight excluding hydrogens is 348 g/mol. The Hall–Kier alpha value is -2.92. The lowest BCUT2D eigenvalue weighted by Crippen LogP contribution is -2.19. The van der Waals surface area contributed by atoms with E-state index < -0.39 is 0 Å². The van der Waals surface area contributed by atoms with Gasteiger partial charge in [-0.15, -0.1) is 0 Å². The maximum atomic E-state index is 5.72. The van der Waals surface area contributed by atoms with Crippen molar-refractivity contribution in [2.45, 2.75) is 32.8 Å². The Kier molecular flexibility index (Phi) is 5.53. The molecule has 1 aliphatic heterocycles. The van der Waals surface area contributed by atoms with Gasteiger partial charge < -0.3 is 15.4 Å². The molecule has 1 saturated heterocycles. The third-order valence-electron chi connectivity index (χ3n) is 5.18. The smallest absolute Gasteiger partial charge is 0.229 e. The van der Waals surface area contributed by atoms with E-state index in [0.717, 1.165) is 48.8 Å². The average molecular weight is 374 g/mol. The fourth-order valence-corrected chi connectivity index (χ4v) is 3.38. The van der Waals surface area contributed by atoms with Crippen LogP contribution in [-0.4, -0.2) is 29.2 Å². The van der Waals surface area contributed by atoms with Gasteiger partial charge in [0, 0.05) is 30.5 Å². The lowest BCUT2D eigenvalue weighted by Gasteiger charge is -2.15. The van der Waals surface area contributed by atoms with Crippen LogP contribution in [0.25, 0.3) is 11.3 Å². The van der Waals surface area contributed by atoms with Crippen LogP contribution in [0.2, 0.25) is 0 Å². The van der Waals surface area contributed by atoms with Crippen molar-refractivity contribution in [2.75, 3.05) is 23.8 Å². The largest absolute Gasteiger partial charge is 0.376 e. The van der Waals surface area contributed by atoms with E-state index in [1.54, 1.807) is 0 Å². The number of rotatable bonds is 6. The standard InChI is InChI=1S/C23H26N4O/c1-16-8-6-12-20(17(16)2)25-23-26-21(18-9-4-3-5-10-18)14-22(27-23)24-15-19-11-7-13-28-19/h3-6,8-10,12,14,19H,7,11,13,15H2,1-2H3,(H2,24,25,26,27). The van der Waals surface area contributed by atoms with Crippen molar-refractivity contribution >= 4 is 17.5 Å². The van der Waals surface area contributed by atoms with Gasteiger partial charge in [0.25, 0.3) is 0 Å². The lowest BCUT2D eigenvalue weighted by molar-refractivity contribution is 0.120. The van der Waals surface area contributed by atoms with Crippen LogP contribution in [0.4, 0.5) is 17.5 Å². The molecule has 1 aliphatic rings. The summed E-state index contributed by atoms with van der Waals surface area (Å²) in [5.74, 6) is 1.39. The van der Waals surface area contributed by atoms with Gasteiger partial charge in [0.1, 0.15) is 5.82 Å². The summed E-state index contributed by atoms with van der Waals surface area (Å²) in [4.78, 5) is 9.45. The molecule has 5 heteroatoms. The molecule has 0 radical (unpaired) electrons. The molecule has 5 nitrogen and oxygen atoms in total. The number of aromatic nitrogens is 2. The summed E-state index contributed by atoms with van der Waals surface area (Å²) in [5, 5.41) is 6.83. The predicted molar refractivity (Wildman–Crippen MR) is 114 cm³/mol. The zero-order chi connectivity index (χ0) is 19.3. The molecule has 3 aromatic rings. The molecule has 2 N–H and O–H groups in total. The summed E-state index contributed by atoms with van der Waals surface area (Å²) in [6, 6.07) is 18.4. The number of hydrogen-bond donors (Lipinski definition) is 2. The first-order valence-corrected chi connectivity index (χ1v) is 9.82. The normalized spacial score (nSPS) is 16.1. The van der Waals surface area contributed by atoms with Crippen LogP contribution in [0.3, 0.4) is 0 Å². The average Bonchev–Trinajstić information content (AvgIpc) is 3.24. The fourth-order valence-electron chi connectivity index (χ4n) is 3.38. The number of aryl methyl sites for hydroxylation is 1. The molecular formula is C23H26N4O. The Bertz CT molecular complexity index is 937. The SMILES string of the molecule is Cc1cccc(Nc2nc(NCC3CCCO3)cc(-c3ccccc3)n2)c1C. The quantitative estimate of drug-likeness (QED) is 0.629. The monoisotopic (exact) mass is 374 g/mol. The van der Waals surface area contributed by atoms with E-state index in [2.05, 4.69) is 48.7 Å².